The molecule has 0 aliphatic rings. The molecule has 0 aromatic heterocycles. The molecule has 0 atom stereocenters. The van der Waals surface area contributed by atoms with Crippen molar-refractivity contribution in [2.24, 2.45) is 0 Å². The van der Waals surface area contributed by atoms with Crippen LogP contribution in [0.3, 0.4) is 0 Å². The molecule has 0 amide bonds. The van der Waals surface area contributed by atoms with Crippen molar-refractivity contribution in [1.82, 2.24) is 0 Å². The van der Waals surface area contributed by atoms with E-state index in [1.54, 1.807) is 115 Å². The summed E-state index contributed by atoms with van der Waals surface area (Å²) in [7, 11) is 78.4. The van der Waals surface area contributed by atoms with Crippen LogP contribution >= 0.6 is 12.2 Å². The molecule has 0 spiro atoms. The van der Waals surface area contributed by atoms with Crippen molar-refractivity contribution in [2.45, 2.75) is 0 Å². The molecule has 0 aliphatic heterocycles. The normalized spacial score (nSPS) is 7.66. The number of hydrogen-bond donors (Lipinski definition) is 0. The van der Waals surface area contributed by atoms with Crippen LogP contribution in [0.1, 0.15) is 0 Å². The van der Waals surface area contributed by atoms with Crippen molar-refractivity contribution in [3.8, 4) is 0 Å². The van der Waals surface area contributed by atoms with Gasteiger partial charge in [0, 0.05) is 326 Å². The zero-order chi connectivity index (χ0) is 33.8. The highest BCUT2D eigenvalue weighted by Gasteiger charge is 1.45. The lowest BCUT2D eigenvalue weighted by molar-refractivity contribution is 4.64. The van der Waals surface area contributed by atoms with Crippen molar-refractivity contribution in [3.63, 3.8) is 0 Å². The quantitative estimate of drug-likeness (QED) is 0.320. The third kappa shape index (κ3) is 55.9. The van der Waals surface area contributed by atoms with Crippen LogP contribution in [-0.2, 0) is 403 Å². The highest BCUT2D eigenvalue weighted by atomic mass is 33.5. The fourth-order valence-corrected chi connectivity index (χ4v) is 115. The van der Waals surface area contributed by atoms with Gasteiger partial charge in [0.2, 0.25) is 0 Å². The Morgan fingerprint density at radius 3 is 0.447 bits per heavy atom. The van der Waals surface area contributed by atoms with E-state index < -0.39 is 0 Å². The van der Waals surface area contributed by atoms with Crippen LogP contribution in [0.15, 0.2) is 0 Å². The molecule has 0 heterocycles. The average Bonchev–Trinajstić information content (AvgIpc) is 3.08. The predicted octanol–water partition coefficient (Wildman–Crippen LogP) is 0.262. The molecule has 46 heteroatoms. The molecule has 0 unspecified atom stereocenters. The van der Waals surface area contributed by atoms with E-state index in [0.717, 1.165) is 0 Å². The number of thiocarbonyl (C=S) groups is 1. The smallest absolute Gasteiger partial charge is 0.0148 e. The summed E-state index contributed by atoms with van der Waals surface area (Å²) < 4.78 is 2.62. The summed E-state index contributed by atoms with van der Waals surface area (Å²) in [5, 5.41) is 0. The summed E-state index contributed by atoms with van der Waals surface area (Å²) in [6.45, 7) is 0. The first kappa shape index (κ1) is 56.9. The van der Waals surface area contributed by atoms with E-state index >= 15 is 0 Å². The van der Waals surface area contributed by atoms with Gasteiger partial charge in [-0.05, 0) is 93.2 Å². The number of hydrogen-bond acceptors (Lipinski definition) is 2. The fourth-order valence-electron chi connectivity index (χ4n) is 0.493. The minimum atomic E-state index is 1.37. The Hall–Kier alpha value is 9.90. The molecule has 280 valence electrons. The van der Waals surface area contributed by atoms with Crippen LogP contribution in [-0.4, -0.2) is 4.31 Å². The summed E-state index contributed by atoms with van der Waals surface area (Å²) in [6, 6.07) is 0. The van der Waals surface area contributed by atoms with Gasteiger partial charge in [-0.15, -0.1) is 0 Å². The van der Waals surface area contributed by atoms with Gasteiger partial charge in [0.05, 0.1) is 0 Å². The second-order valence-corrected chi connectivity index (χ2v) is 80.5. The zero-order valence-corrected chi connectivity index (χ0v) is 56.8. The maximum atomic E-state index is 4.81. The topological polar surface area (TPSA) is 0 Å². The van der Waals surface area contributed by atoms with Gasteiger partial charge in [-0.25, -0.2) is 0 Å². The first-order valence-electron chi connectivity index (χ1n) is 7.74. The Balaban J connectivity index is 6.07. The van der Waals surface area contributed by atoms with Crippen LogP contribution in [0, 0.1) is 0 Å². The molecule has 0 saturated heterocycles. The first-order valence-corrected chi connectivity index (χ1v) is 67.2. The summed E-state index contributed by atoms with van der Waals surface area (Å²) in [5.41, 5.74) is 0. The first-order chi connectivity index (χ1) is 23.4. The maximum Gasteiger partial charge on any atom is 0.0298 e. The van der Waals surface area contributed by atoms with Crippen LogP contribution < -0.4 is 0 Å². The molecule has 0 bridgehead atoms. The van der Waals surface area contributed by atoms with E-state index in [0.29, 0.717) is 0 Å². The molecule has 0 fully saturated rings. The standard InChI is InChI=1S/CS46/c2-1-4-6-8-10-12-14-16-18-20-22-24-26-28-30-32-34-36-38-40-42-44-46-47-45-43-41-39-37-35-33-31-29-27-25-23-21-19-17-15-13-11-9-7-5-3. The lowest BCUT2D eigenvalue weighted by atomic mass is 12.0. The van der Waals surface area contributed by atoms with Crippen LogP contribution in [0.25, 0.3) is 0 Å². The Labute approximate surface area is 407 Å². The monoisotopic (exact) mass is 1480 g/mol. The molecule has 0 aliphatic carbocycles. The van der Waals surface area contributed by atoms with Crippen LogP contribution in [0.5, 0.6) is 0 Å². The van der Waals surface area contributed by atoms with E-state index in [1.165, 1.54) is 18.8 Å². The third-order valence-electron chi connectivity index (χ3n) is 1.23. The van der Waals surface area contributed by atoms with E-state index in [-0.39, 0.29) is 0 Å². The average molecular weight is 1490 g/mol. The molecule has 47 heavy (non-hydrogen) atoms. The van der Waals surface area contributed by atoms with Crippen molar-refractivity contribution >= 4 is 419 Å². The SMILES string of the molecule is S=C=S=S=S=S=S=S=S=S=S=S=S=S=S=S=S=S=S=S=S=S=S=S=S=S=S=S=S=S=S=S=S=S=S=S=S=S=S=S=S=S=S=S=S=S=S. The van der Waals surface area contributed by atoms with Gasteiger partial charge in [-0.2, -0.15) is 0 Å². The molecule has 0 saturated carbocycles. The second kappa shape index (κ2) is 55.9. The fraction of sp³-hybridized carbons (Fsp3) is 0. The van der Waals surface area contributed by atoms with Gasteiger partial charge in [0.15, 0.2) is 0 Å². The van der Waals surface area contributed by atoms with Gasteiger partial charge in [-0.3, -0.25) is 0 Å². The Bertz CT molecular complexity index is 2960. The van der Waals surface area contributed by atoms with Crippen molar-refractivity contribution in [2.75, 3.05) is 0 Å². The molecular weight excluding hydrogens is 1490 g/mol. The lowest BCUT2D eigenvalue weighted by Crippen LogP contribution is -1.41. The largest absolute Gasteiger partial charge is 0.0298 e. The summed E-state index contributed by atoms with van der Waals surface area (Å²) in [6.07, 6.45) is 0. The molecule has 0 aromatic carbocycles. The molecule has 0 aromatic rings. The van der Waals surface area contributed by atoms with Crippen LogP contribution in [0.4, 0.5) is 0 Å². The van der Waals surface area contributed by atoms with Gasteiger partial charge in [0.1, 0.15) is 0 Å². The van der Waals surface area contributed by atoms with Gasteiger partial charge in [-0.1, -0.05) is 0 Å². The summed E-state index contributed by atoms with van der Waals surface area (Å²) >= 11 is 9.45. The Morgan fingerprint density at radius 1 is 0.191 bits per heavy atom. The highest BCUT2D eigenvalue weighted by Crippen LogP contribution is 1.45. The van der Waals surface area contributed by atoms with Crippen LogP contribution in [0.2, 0.25) is 0 Å². The maximum absolute atomic E-state index is 4.81. The predicted molar refractivity (Wildman–Crippen MR) is 344 cm³/mol. The van der Waals surface area contributed by atoms with Gasteiger partial charge in [0.25, 0.3) is 0 Å². The van der Waals surface area contributed by atoms with Crippen molar-refractivity contribution < 1.29 is 0 Å². The minimum absolute atomic E-state index is 1.37. The summed E-state index contributed by atoms with van der Waals surface area (Å²) in [5.74, 6) is 0. The third-order valence-corrected chi connectivity index (χ3v) is 96.3. The molecule has 0 N–H and O–H groups in total. The second-order valence-electron chi connectivity index (χ2n) is 3.09. The molecule has 0 rings (SSSR count). The lowest BCUT2D eigenvalue weighted by Gasteiger charge is -1.41. The van der Waals surface area contributed by atoms with Crippen molar-refractivity contribution in [3.05, 3.63) is 0 Å². The number of rotatable bonds is 0. The summed E-state index contributed by atoms with van der Waals surface area (Å²) in [4.78, 5) is 0. The van der Waals surface area contributed by atoms with E-state index in [9.17, 15) is 0 Å². The zero-order valence-electron chi connectivity index (χ0n) is 19.3. The Kier molecular flexibility index (Phi) is 67.7. The minimum Gasteiger partial charge on any atom is -0.0148 e. The highest BCUT2D eigenvalue weighted by molar-refractivity contribution is 8.81. The van der Waals surface area contributed by atoms with E-state index in [1.807, 2.05) is 258 Å². The Morgan fingerprint density at radius 2 is 0.319 bits per heavy atom. The van der Waals surface area contributed by atoms with E-state index in [4.69, 9.17) is 11.2 Å². The van der Waals surface area contributed by atoms with Crippen molar-refractivity contribution in [1.29, 1.82) is 0 Å². The van der Waals surface area contributed by atoms with E-state index in [2.05, 4.69) is 16.5 Å². The molecule has 0 nitrogen and oxygen atoms in total. The molecular formula is CS46. The van der Waals surface area contributed by atoms with Gasteiger partial charge < -0.3 is 0 Å². The van der Waals surface area contributed by atoms with Gasteiger partial charge >= 0.3 is 0 Å². The molecule has 0 radical (unpaired) electrons.